The van der Waals surface area contributed by atoms with Crippen molar-refractivity contribution < 1.29 is 0 Å². The zero-order valence-electron chi connectivity index (χ0n) is 5.56. The van der Waals surface area contributed by atoms with Crippen LogP contribution in [-0.2, 0) is 0 Å². The molecule has 0 saturated heterocycles. The van der Waals surface area contributed by atoms with Gasteiger partial charge in [-0.05, 0) is 18.2 Å². The van der Waals surface area contributed by atoms with Gasteiger partial charge in [-0.15, -0.1) is 0 Å². The zero-order valence-corrected chi connectivity index (χ0v) is 6.31. The number of nitrogens with zero attached hydrogens (tertiary/aromatic N) is 1. The van der Waals surface area contributed by atoms with Crippen LogP contribution < -0.4 is 0 Å². The molecular formula is C7H7ClN2. The van der Waals surface area contributed by atoms with E-state index in [4.69, 9.17) is 17.0 Å². The second kappa shape index (κ2) is 2.80. The molecule has 1 aliphatic rings. The van der Waals surface area contributed by atoms with Gasteiger partial charge in [0.25, 0.3) is 0 Å². The van der Waals surface area contributed by atoms with Crippen molar-refractivity contribution in [3.8, 4) is 0 Å². The molecule has 10 heavy (non-hydrogen) atoms. The van der Waals surface area contributed by atoms with E-state index in [-0.39, 0.29) is 0 Å². The normalized spacial score (nSPS) is 21.6. The van der Waals surface area contributed by atoms with E-state index in [0.717, 1.165) is 0 Å². The van der Waals surface area contributed by atoms with Gasteiger partial charge in [-0.2, -0.15) is 0 Å². The molecule has 52 valence electrons. The molecule has 0 radical (unpaired) electrons. The van der Waals surface area contributed by atoms with Gasteiger partial charge in [0.2, 0.25) is 0 Å². The molecule has 0 fully saturated rings. The summed E-state index contributed by atoms with van der Waals surface area (Å²) in [6.45, 7) is 0. The Morgan fingerprint density at radius 2 is 2.20 bits per heavy atom. The Bertz CT molecular complexity index is 248. The number of allylic oxidation sites excluding steroid dienone is 4. The maximum Gasteiger partial charge on any atom is 0.0834 e. The Hall–Kier alpha value is -0.890. The second-order valence-corrected chi connectivity index (χ2v) is 2.32. The molecule has 2 nitrogen and oxygen atoms in total. The first-order chi connectivity index (χ1) is 4.74. The van der Waals surface area contributed by atoms with E-state index in [1.165, 1.54) is 0 Å². The molecule has 0 saturated carbocycles. The highest BCUT2D eigenvalue weighted by Crippen LogP contribution is 2.09. The smallest absolute Gasteiger partial charge is 0.0834 e. The van der Waals surface area contributed by atoms with Crippen LogP contribution in [0.3, 0.4) is 0 Å². The molecular weight excluding hydrogens is 148 g/mol. The van der Waals surface area contributed by atoms with Crippen molar-refractivity contribution in [2.24, 2.45) is 4.99 Å². The molecule has 0 bridgehead atoms. The average Bonchev–Trinajstić information content (AvgIpc) is 1.94. The SMILES string of the molecule is CN=C1C=C(Cl)C=CC1=N. The van der Waals surface area contributed by atoms with Gasteiger partial charge in [0.15, 0.2) is 0 Å². The minimum Gasteiger partial charge on any atom is -0.299 e. The molecule has 1 N–H and O–H groups in total. The number of hydrogen-bond acceptors (Lipinski definition) is 2. The lowest BCUT2D eigenvalue weighted by Crippen LogP contribution is -2.10. The number of halogens is 1. The first-order valence-electron chi connectivity index (χ1n) is 2.85. The highest BCUT2D eigenvalue weighted by Gasteiger charge is 2.04. The van der Waals surface area contributed by atoms with Gasteiger partial charge in [0.05, 0.1) is 11.4 Å². The Kier molecular flexibility index (Phi) is 2.02. The Labute approximate surface area is 64.4 Å². The molecule has 3 heteroatoms. The summed E-state index contributed by atoms with van der Waals surface area (Å²) in [5, 5.41) is 7.94. The van der Waals surface area contributed by atoms with E-state index in [1.54, 1.807) is 25.3 Å². The van der Waals surface area contributed by atoms with Crippen molar-refractivity contribution in [1.29, 1.82) is 5.41 Å². The molecule has 0 aromatic carbocycles. The molecule has 0 heterocycles. The average molecular weight is 155 g/mol. The lowest BCUT2D eigenvalue weighted by atomic mass is 10.1. The van der Waals surface area contributed by atoms with Crippen molar-refractivity contribution in [3.05, 3.63) is 23.3 Å². The molecule has 0 aromatic rings. The Morgan fingerprint density at radius 1 is 1.50 bits per heavy atom. The van der Waals surface area contributed by atoms with Crippen molar-refractivity contribution in [1.82, 2.24) is 0 Å². The van der Waals surface area contributed by atoms with Gasteiger partial charge in [-0.25, -0.2) is 0 Å². The molecule has 0 aromatic heterocycles. The monoisotopic (exact) mass is 154 g/mol. The van der Waals surface area contributed by atoms with Gasteiger partial charge >= 0.3 is 0 Å². The van der Waals surface area contributed by atoms with Crippen LogP contribution in [0.5, 0.6) is 0 Å². The fraction of sp³-hybridized carbons (Fsp3) is 0.143. The second-order valence-electron chi connectivity index (χ2n) is 1.89. The number of hydrogen-bond donors (Lipinski definition) is 1. The molecule has 1 aliphatic carbocycles. The van der Waals surface area contributed by atoms with Gasteiger partial charge in [0, 0.05) is 12.1 Å². The molecule has 1 rings (SSSR count). The van der Waals surface area contributed by atoms with E-state index in [9.17, 15) is 0 Å². The molecule has 0 amide bonds. The van der Waals surface area contributed by atoms with E-state index >= 15 is 0 Å². The van der Waals surface area contributed by atoms with Gasteiger partial charge in [-0.3, -0.25) is 10.4 Å². The van der Waals surface area contributed by atoms with Gasteiger partial charge < -0.3 is 0 Å². The van der Waals surface area contributed by atoms with Crippen LogP contribution in [0.15, 0.2) is 28.3 Å². The molecule has 0 aliphatic heterocycles. The highest BCUT2D eigenvalue weighted by molar-refractivity contribution is 6.52. The van der Waals surface area contributed by atoms with Crippen LogP contribution in [0, 0.1) is 5.41 Å². The molecule has 0 spiro atoms. The van der Waals surface area contributed by atoms with Crippen LogP contribution >= 0.6 is 11.6 Å². The van der Waals surface area contributed by atoms with E-state index in [1.807, 2.05) is 0 Å². The summed E-state index contributed by atoms with van der Waals surface area (Å²) in [6, 6.07) is 0. The lowest BCUT2D eigenvalue weighted by Gasteiger charge is -2.02. The van der Waals surface area contributed by atoms with Crippen LogP contribution in [0.1, 0.15) is 0 Å². The van der Waals surface area contributed by atoms with Crippen molar-refractivity contribution >= 4 is 23.0 Å². The summed E-state index contributed by atoms with van der Waals surface area (Å²) < 4.78 is 0. The van der Waals surface area contributed by atoms with Crippen LogP contribution in [0.2, 0.25) is 0 Å². The predicted octanol–water partition coefficient (Wildman–Crippen LogP) is 1.77. The van der Waals surface area contributed by atoms with Crippen molar-refractivity contribution in [2.75, 3.05) is 7.05 Å². The topological polar surface area (TPSA) is 36.2 Å². The number of nitrogens with one attached hydrogen (secondary N) is 1. The van der Waals surface area contributed by atoms with Crippen molar-refractivity contribution in [2.45, 2.75) is 0 Å². The third kappa shape index (κ3) is 1.33. The summed E-state index contributed by atoms with van der Waals surface area (Å²) in [6.07, 6.45) is 4.98. The van der Waals surface area contributed by atoms with Gasteiger partial charge in [0.1, 0.15) is 0 Å². The van der Waals surface area contributed by atoms with Crippen molar-refractivity contribution in [3.63, 3.8) is 0 Å². The maximum atomic E-state index is 7.32. The Morgan fingerprint density at radius 3 is 2.70 bits per heavy atom. The number of rotatable bonds is 0. The number of aliphatic imine (C=N–C) groups is 1. The standard InChI is InChI=1S/C7H7ClN2/c1-10-7-4-5(8)2-3-6(7)9/h2-4,9H,1H3. The van der Waals surface area contributed by atoms with Crippen LogP contribution in [0.25, 0.3) is 0 Å². The fourth-order valence-corrected chi connectivity index (χ4v) is 0.856. The minimum atomic E-state index is 0.409. The largest absolute Gasteiger partial charge is 0.299 e. The first kappa shape index (κ1) is 7.22. The predicted molar refractivity (Wildman–Crippen MR) is 44.2 cm³/mol. The van der Waals surface area contributed by atoms with E-state index < -0.39 is 0 Å². The summed E-state index contributed by atoms with van der Waals surface area (Å²) in [4.78, 5) is 3.86. The van der Waals surface area contributed by atoms with E-state index in [0.29, 0.717) is 16.5 Å². The Balaban J connectivity index is 2.99. The summed E-state index contributed by atoms with van der Waals surface area (Å²) in [5.74, 6) is 0. The highest BCUT2D eigenvalue weighted by atomic mass is 35.5. The summed E-state index contributed by atoms with van der Waals surface area (Å²) >= 11 is 5.65. The van der Waals surface area contributed by atoms with Gasteiger partial charge in [-0.1, -0.05) is 11.6 Å². The first-order valence-corrected chi connectivity index (χ1v) is 3.23. The van der Waals surface area contributed by atoms with Crippen LogP contribution in [-0.4, -0.2) is 18.5 Å². The quantitative estimate of drug-likeness (QED) is 0.517. The summed E-state index contributed by atoms with van der Waals surface area (Å²) in [5.41, 5.74) is 1.04. The third-order valence-corrected chi connectivity index (χ3v) is 1.44. The third-order valence-electron chi connectivity index (χ3n) is 1.20. The molecule has 0 atom stereocenters. The molecule has 0 unspecified atom stereocenters. The lowest BCUT2D eigenvalue weighted by molar-refractivity contribution is 1.44. The minimum absolute atomic E-state index is 0.409. The van der Waals surface area contributed by atoms with E-state index in [2.05, 4.69) is 4.99 Å². The maximum absolute atomic E-state index is 7.32. The zero-order chi connectivity index (χ0) is 7.56. The fourth-order valence-electron chi connectivity index (χ4n) is 0.690. The summed E-state index contributed by atoms with van der Waals surface area (Å²) in [7, 11) is 1.64. The van der Waals surface area contributed by atoms with Crippen LogP contribution in [0.4, 0.5) is 0 Å².